The van der Waals surface area contributed by atoms with Gasteiger partial charge in [-0.25, -0.2) is 9.07 Å². The third-order valence-electron chi connectivity index (χ3n) is 2.66. The number of hydrogen-bond donors (Lipinski definition) is 1. The number of anilines is 1. The summed E-state index contributed by atoms with van der Waals surface area (Å²) >= 11 is 0. The van der Waals surface area contributed by atoms with E-state index >= 15 is 0 Å². The van der Waals surface area contributed by atoms with Crippen LogP contribution >= 0.6 is 0 Å². The van der Waals surface area contributed by atoms with E-state index in [4.69, 9.17) is 11.0 Å². The Hall–Kier alpha value is -2.35. The van der Waals surface area contributed by atoms with E-state index in [1.807, 2.05) is 6.92 Å². The molecule has 4 nitrogen and oxygen atoms in total. The lowest BCUT2D eigenvalue weighted by atomic mass is 10.2. The minimum atomic E-state index is -0.321. The van der Waals surface area contributed by atoms with Crippen molar-refractivity contribution in [3.05, 3.63) is 41.3 Å². The Labute approximate surface area is 104 Å². The van der Waals surface area contributed by atoms with E-state index in [0.29, 0.717) is 29.2 Å². The van der Waals surface area contributed by atoms with E-state index in [9.17, 15) is 4.39 Å². The predicted octanol–water partition coefficient (Wildman–Crippen LogP) is 2.42. The van der Waals surface area contributed by atoms with Crippen molar-refractivity contribution in [1.29, 1.82) is 5.26 Å². The van der Waals surface area contributed by atoms with Crippen molar-refractivity contribution in [3.8, 4) is 11.8 Å². The second-order valence-corrected chi connectivity index (χ2v) is 3.96. The maximum absolute atomic E-state index is 12.9. The lowest BCUT2D eigenvalue weighted by Gasteiger charge is -2.03. The Morgan fingerprint density at radius 1 is 1.39 bits per heavy atom. The number of aryl methyl sites for hydroxylation is 1. The molecule has 0 radical (unpaired) electrons. The third kappa shape index (κ3) is 2.05. The molecule has 1 heterocycles. The van der Waals surface area contributed by atoms with Crippen LogP contribution in [0, 0.1) is 17.1 Å². The molecule has 0 unspecified atom stereocenters. The van der Waals surface area contributed by atoms with Gasteiger partial charge in [0.05, 0.1) is 11.4 Å². The minimum Gasteiger partial charge on any atom is -0.382 e. The van der Waals surface area contributed by atoms with Crippen LogP contribution in [0.15, 0.2) is 24.3 Å². The molecule has 92 valence electrons. The zero-order valence-corrected chi connectivity index (χ0v) is 10.0. The van der Waals surface area contributed by atoms with Crippen LogP contribution in [-0.4, -0.2) is 9.78 Å². The van der Waals surface area contributed by atoms with Crippen LogP contribution in [0.1, 0.15) is 24.6 Å². The van der Waals surface area contributed by atoms with Gasteiger partial charge >= 0.3 is 0 Å². The number of nitrogens with two attached hydrogens (primary N) is 1. The predicted molar refractivity (Wildman–Crippen MR) is 66.6 cm³/mol. The Bertz CT molecular complexity index is 593. The molecule has 0 spiro atoms. The maximum atomic E-state index is 12.9. The van der Waals surface area contributed by atoms with Gasteiger partial charge in [0.1, 0.15) is 23.3 Å². The number of nitriles is 1. The minimum absolute atomic E-state index is 0.299. The van der Waals surface area contributed by atoms with Gasteiger partial charge in [0.15, 0.2) is 0 Å². The number of nitrogen functional groups attached to an aromatic ring is 1. The first-order valence-electron chi connectivity index (χ1n) is 5.70. The number of benzene rings is 1. The summed E-state index contributed by atoms with van der Waals surface area (Å²) < 4.78 is 14.3. The molecule has 0 saturated carbocycles. The van der Waals surface area contributed by atoms with Crippen LogP contribution in [-0.2, 0) is 6.42 Å². The van der Waals surface area contributed by atoms with E-state index in [0.717, 1.165) is 6.42 Å². The van der Waals surface area contributed by atoms with Gasteiger partial charge in [-0.15, -0.1) is 0 Å². The Morgan fingerprint density at radius 3 is 2.61 bits per heavy atom. The van der Waals surface area contributed by atoms with Gasteiger partial charge in [0.2, 0.25) is 0 Å². The second kappa shape index (κ2) is 4.88. The van der Waals surface area contributed by atoms with Crippen molar-refractivity contribution < 1.29 is 4.39 Å². The van der Waals surface area contributed by atoms with Crippen LogP contribution < -0.4 is 5.73 Å². The first-order chi connectivity index (χ1) is 8.67. The molecular weight excluding hydrogens is 231 g/mol. The summed E-state index contributed by atoms with van der Waals surface area (Å²) in [7, 11) is 0. The fourth-order valence-corrected chi connectivity index (χ4v) is 1.79. The Balaban J connectivity index is 2.52. The van der Waals surface area contributed by atoms with Gasteiger partial charge in [-0.1, -0.05) is 13.3 Å². The van der Waals surface area contributed by atoms with Crippen molar-refractivity contribution in [1.82, 2.24) is 9.78 Å². The van der Waals surface area contributed by atoms with Gasteiger partial charge in [0.25, 0.3) is 0 Å². The second-order valence-electron chi connectivity index (χ2n) is 3.96. The van der Waals surface area contributed by atoms with Crippen molar-refractivity contribution in [3.63, 3.8) is 0 Å². The molecule has 0 aliphatic rings. The van der Waals surface area contributed by atoms with Gasteiger partial charge in [0, 0.05) is 0 Å². The number of halogens is 1. The summed E-state index contributed by atoms with van der Waals surface area (Å²) in [5, 5.41) is 13.4. The largest absolute Gasteiger partial charge is 0.382 e. The molecule has 0 amide bonds. The number of hydrogen-bond acceptors (Lipinski definition) is 3. The monoisotopic (exact) mass is 244 g/mol. The summed E-state index contributed by atoms with van der Waals surface area (Å²) in [6.07, 6.45) is 1.58. The van der Waals surface area contributed by atoms with Gasteiger partial charge in [-0.3, -0.25) is 0 Å². The van der Waals surface area contributed by atoms with Gasteiger partial charge in [-0.05, 0) is 30.7 Å². The maximum Gasteiger partial charge on any atom is 0.145 e. The molecule has 0 aliphatic carbocycles. The summed E-state index contributed by atoms with van der Waals surface area (Å²) in [5.74, 6) is -0.0219. The molecule has 0 fully saturated rings. The summed E-state index contributed by atoms with van der Waals surface area (Å²) in [4.78, 5) is 0. The standard InChI is InChI=1S/C13H13FN4/c1-2-3-12-11(8-15)13(16)18(17-12)10-6-4-9(14)5-7-10/h4-7H,2-3,16H2,1H3. The first-order valence-corrected chi connectivity index (χ1v) is 5.70. The third-order valence-corrected chi connectivity index (χ3v) is 2.66. The zero-order valence-electron chi connectivity index (χ0n) is 10.0. The molecule has 5 heteroatoms. The quantitative estimate of drug-likeness (QED) is 0.901. The summed E-state index contributed by atoms with van der Waals surface area (Å²) in [6.45, 7) is 2.01. The average molecular weight is 244 g/mol. The molecule has 1 aromatic heterocycles. The van der Waals surface area contributed by atoms with Gasteiger partial charge < -0.3 is 5.73 Å². The molecule has 0 atom stereocenters. The number of rotatable bonds is 3. The molecule has 2 rings (SSSR count). The van der Waals surface area contributed by atoms with E-state index < -0.39 is 0 Å². The molecule has 0 bridgehead atoms. The Kier molecular flexibility index (Phi) is 3.28. The highest BCUT2D eigenvalue weighted by Gasteiger charge is 2.15. The first kappa shape index (κ1) is 12.1. The number of nitrogens with zero attached hydrogens (tertiary/aromatic N) is 3. The highest BCUT2D eigenvalue weighted by Crippen LogP contribution is 2.21. The van der Waals surface area contributed by atoms with Crippen LogP contribution in [0.25, 0.3) is 5.69 Å². The average Bonchev–Trinajstić information content (AvgIpc) is 2.67. The highest BCUT2D eigenvalue weighted by molar-refractivity contribution is 5.56. The van der Waals surface area contributed by atoms with Crippen LogP contribution in [0.4, 0.5) is 10.2 Å². The lowest BCUT2D eigenvalue weighted by molar-refractivity contribution is 0.627. The topological polar surface area (TPSA) is 67.6 Å². The molecule has 2 N–H and O–H groups in total. The molecular formula is C13H13FN4. The fourth-order valence-electron chi connectivity index (χ4n) is 1.79. The van der Waals surface area contributed by atoms with E-state index in [1.54, 1.807) is 12.1 Å². The van der Waals surface area contributed by atoms with Crippen molar-refractivity contribution in [2.24, 2.45) is 0 Å². The summed E-state index contributed by atoms with van der Waals surface area (Å²) in [5.41, 5.74) is 7.63. The lowest BCUT2D eigenvalue weighted by Crippen LogP contribution is -2.02. The van der Waals surface area contributed by atoms with Crippen molar-refractivity contribution in [2.75, 3.05) is 5.73 Å². The molecule has 18 heavy (non-hydrogen) atoms. The van der Waals surface area contributed by atoms with E-state index in [-0.39, 0.29) is 5.82 Å². The van der Waals surface area contributed by atoms with E-state index in [1.165, 1.54) is 16.8 Å². The fraction of sp³-hybridized carbons (Fsp3) is 0.231. The normalized spacial score (nSPS) is 10.3. The molecule has 2 aromatic rings. The molecule has 1 aromatic carbocycles. The van der Waals surface area contributed by atoms with Crippen LogP contribution in [0.3, 0.4) is 0 Å². The smallest absolute Gasteiger partial charge is 0.145 e. The van der Waals surface area contributed by atoms with Crippen LogP contribution in [0.5, 0.6) is 0 Å². The Morgan fingerprint density at radius 2 is 2.06 bits per heavy atom. The molecule has 0 saturated heterocycles. The van der Waals surface area contributed by atoms with Crippen LogP contribution in [0.2, 0.25) is 0 Å². The van der Waals surface area contributed by atoms with Crippen molar-refractivity contribution >= 4 is 5.82 Å². The van der Waals surface area contributed by atoms with Crippen molar-refractivity contribution in [2.45, 2.75) is 19.8 Å². The van der Waals surface area contributed by atoms with Gasteiger partial charge in [-0.2, -0.15) is 10.4 Å². The SMILES string of the molecule is CCCc1nn(-c2ccc(F)cc2)c(N)c1C#N. The summed E-state index contributed by atoms with van der Waals surface area (Å²) in [6, 6.07) is 7.90. The molecule has 0 aliphatic heterocycles. The highest BCUT2D eigenvalue weighted by atomic mass is 19.1. The van der Waals surface area contributed by atoms with E-state index in [2.05, 4.69) is 11.2 Å². The zero-order chi connectivity index (χ0) is 13.1. The number of aromatic nitrogens is 2.